The number of hydrogen-bond acceptors (Lipinski definition) is 4. The molecule has 148 valence electrons. The number of hydrogen-bond donors (Lipinski definition) is 1. The van der Waals surface area contributed by atoms with Crippen molar-refractivity contribution in [2.45, 2.75) is 26.5 Å². The zero-order valence-corrected chi connectivity index (χ0v) is 16.7. The van der Waals surface area contributed by atoms with E-state index in [9.17, 15) is 9.90 Å². The third kappa shape index (κ3) is 3.67. The maximum atomic E-state index is 13.0. The van der Waals surface area contributed by atoms with Gasteiger partial charge in [0.2, 0.25) is 0 Å². The predicted molar refractivity (Wildman–Crippen MR) is 112 cm³/mol. The first-order chi connectivity index (χ1) is 14.0. The zero-order chi connectivity index (χ0) is 20.5. The average molecular weight is 389 g/mol. The van der Waals surface area contributed by atoms with Gasteiger partial charge in [-0.25, -0.2) is 4.52 Å². The normalized spacial score (nSPS) is 12.3. The Balaban J connectivity index is 1.68. The molecule has 6 nitrogen and oxygen atoms in total. The molecular formula is C23H23N3O3. The molecule has 0 saturated heterocycles. The molecule has 2 aromatic heterocycles. The Kier molecular flexibility index (Phi) is 4.94. The minimum atomic E-state index is -0.767. The van der Waals surface area contributed by atoms with Crippen molar-refractivity contribution < 1.29 is 9.84 Å². The van der Waals surface area contributed by atoms with E-state index < -0.39 is 6.10 Å². The lowest BCUT2D eigenvalue weighted by Crippen LogP contribution is -2.24. The number of benzene rings is 2. The zero-order valence-electron chi connectivity index (χ0n) is 16.7. The summed E-state index contributed by atoms with van der Waals surface area (Å²) in [7, 11) is 1.61. The molecule has 0 radical (unpaired) electrons. The molecular weight excluding hydrogens is 366 g/mol. The number of ether oxygens (including phenoxy) is 1. The van der Waals surface area contributed by atoms with E-state index in [2.05, 4.69) is 5.10 Å². The fourth-order valence-corrected chi connectivity index (χ4v) is 3.58. The molecule has 2 aromatic carbocycles. The van der Waals surface area contributed by atoms with Crippen molar-refractivity contribution in [2.24, 2.45) is 0 Å². The number of aryl methyl sites for hydroxylation is 2. The van der Waals surface area contributed by atoms with E-state index in [1.54, 1.807) is 30.1 Å². The molecule has 4 aromatic rings. The highest BCUT2D eigenvalue weighted by atomic mass is 16.5. The summed E-state index contributed by atoms with van der Waals surface area (Å²) in [5.74, 6) is 0.730. The molecule has 0 fully saturated rings. The van der Waals surface area contributed by atoms with E-state index in [1.165, 1.54) is 4.57 Å². The molecule has 0 spiro atoms. The largest absolute Gasteiger partial charge is 0.497 e. The molecule has 0 saturated carbocycles. The van der Waals surface area contributed by atoms with Gasteiger partial charge in [-0.3, -0.25) is 4.79 Å². The second-order valence-electron chi connectivity index (χ2n) is 7.22. The first kappa shape index (κ1) is 19.0. The van der Waals surface area contributed by atoms with Crippen molar-refractivity contribution >= 4 is 5.52 Å². The van der Waals surface area contributed by atoms with E-state index in [1.807, 2.05) is 56.3 Å². The Hall–Kier alpha value is -3.38. The van der Waals surface area contributed by atoms with Gasteiger partial charge in [0.25, 0.3) is 5.56 Å². The maximum absolute atomic E-state index is 13.0. The lowest BCUT2D eigenvalue weighted by molar-refractivity contribution is 0.154. The second kappa shape index (κ2) is 7.56. The van der Waals surface area contributed by atoms with Gasteiger partial charge in [-0.15, -0.1) is 0 Å². The summed E-state index contributed by atoms with van der Waals surface area (Å²) in [4.78, 5) is 13.0. The summed E-state index contributed by atoms with van der Waals surface area (Å²) < 4.78 is 8.36. The van der Waals surface area contributed by atoms with Crippen LogP contribution in [-0.4, -0.2) is 26.4 Å². The van der Waals surface area contributed by atoms with Crippen molar-refractivity contribution in [3.05, 3.63) is 88.0 Å². The van der Waals surface area contributed by atoms with Crippen LogP contribution in [0.2, 0.25) is 0 Å². The highest BCUT2D eigenvalue weighted by Crippen LogP contribution is 2.23. The van der Waals surface area contributed by atoms with Crippen LogP contribution in [0, 0.1) is 13.8 Å². The van der Waals surface area contributed by atoms with Crippen molar-refractivity contribution in [2.75, 3.05) is 7.11 Å². The van der Waals surface area contributed by atoms with E-state index in [0.717, 1.165) is 28.0 Å². The van der Waals surface area contributed by atoms with E-state index in [4.69, 9.17) is 4.74 Å². The summed E-state index contributed by atoms with van der Waals surface area (Å²) in [6, 6.07) is 15.2. The number of aromatic nitrogens is 3. The topological polar surface area (TPSA) is 68.8 Å². The molecule has 1 unspecified atom stereocenters. The fourth-order valence-electron chi connectivity index (χ4n) is 3.58. The minimum absolute atomic E-state index is 0.179. The Bertz CT molecular complexity index is 1240. The van der Waals surface area contributed by atoms with Crippen LogP contribution in [0.4, 0.5) is 0 Å². The first-order valence-corrected chi connectivity index (χ1v) is 9.45. The van der Waals surface area contributed by atoms with Crippen LogP contribution in [0.5, 0.6) is 5.75 Å². The van der Waals surface area contributed by atoms with Crippen LogP contribution in [0.25, 0.3) is 16.8 Å². The number of fused-ring (bicyclic) bond motifs is 1. The van der Waals surface area contributed by atoms with Crippen molar-refractivity contribution in [3.63, 3.8) is 0 Å². The Morgan fingerprint density at radius 2 is 1.93 bits per heavy atom. The molecule has 4 rings (SSSR count). The highest BCUT2D eigenvalue weighted by molar-refractivity contribution is 5.66. The van der Waals surface area contributed by atoms with Crippen LogP contribution in [0.3, 0.4) is 0 Å². The van der Waals surface area contributed by atoms with Crippen LogP contribution in [0.15, 0.2) is 65.7 Å². The summed E-state index contributed by atoms with van der Waals surface area (Å²) >= 11 is 0. The minimum Gasteiger partial charge on any atom is -0.497 e. The SMILES string of the molecule is COc1cccc(-c2cc3c(=O)n(CC(O)c4ccc(C)cc4C)ccn3n2)c1. The van der Waals surface area contributed by atoms with Gasteiger partial charge in [-0.05, 0) is 43.2 Å². The molecule has 0 aliphatic heterocycles. The van der Waals surface area contributed by atoms with Gasteiger partial charge in [0.05, 0.1) is 25.5 Å². The second-order valence-corrected chi connectivity index (χ2v) is 7.22. The van der Waals surface area contributed by atoms with Gasteiger partial charge in [0.15, 0.2) is 0 Å². The summed E-state index contributed by atoms with van der Waals surface area (Å²) in [6.07, 6.45) is 2.62. The van der Waals surface area contributed by atoms with Crippen molar-refractivity contribution in [3.8, 4) is 17.0 Å². The molecule has 6 heteroatoms. The van der Waals surface area contributed by atoms with Crippen LogP contribution in [0.1, 0.15) is 22.8 Å². The maximum Gasteiger partial charge on any atom is 0.276 e. The Morgan fingerprint density at radius 3 is 2.69 bits per heavy atom. The average Bonchev–Trinajstić information content (AvgIpc) is 3.15. The molecule has 0 aliphatic carbocycles. The molecule has 29 heavy (non-hydrogen) atoms. The van der Waals surface area contributed by atoms with E-state index >= 15 is 0 Å². The number of methoxy groups -OCH3 is 1. The van der Waals surface area contributed by atoms with Gasteiger partial charge in [0.1, 0.15) is 11.3 Å². The molecule has 0 aliphatic rings. The Labute approximate surface area is 168 Å². The van der Waals surface area contributed by atoms with Crippen LogP contribution >= 0.6 is 0 Å². The monoisotopic (exact) mass is 389 g/mol. The number of aliphatic hydroxyl groups is 1. The van der Waals surface area contributed by atoms with Gasteiger partial charge >= 0.3 is 0 Å². The lowest BCUT2D eigenvalue weighted by atomic mass is 10.0. The molecule has 1 N–H and O–H groups in total. The van der Waals surface area contributed by atoms with E-state index in [0.29, 0.717) is 11.2 Å². The Morgan fingerprint density at radius 1 is 1.10 bits per heavy atom. The van der Waals surface area contributed by atoms with Crippen molar-refractivity contribution in [1.82, 2.24) is 14.2 Å². The molecule has 0 bridgehead atoms. The third-order valence-corrected chi connectivity index (χ3v) is 5.12. The molecule has 2 heterocycles. The van der Waals surface area contributed by atoms with Gasteiger partial charge in [-0.1, -0.05) is 35.9 Å². The van der Waals surface area contributed by atoms with Crippen LogP contribution in [-0.2, 0) is 6.54 Å². The number of rotatable bonds is 5. The number of nitrogens with zero attached hydrogens (tertiary/aromatic N) is 3. The van der Waals surface area contributed by atoms with Gasteiger partial charge in [-0.2, -0.15) is 5.10 Å². The predicted octanol–water partition coefficient (Wildman–Crippen LogP) is 3.52. The summed E-state index contributed by atoms with van der Waals surface area (Å²) in [6.45, 7) is 4.16. The molecule has 1 atom stereocenters. The smallest absolute Gasteiger partial charge is 0.276 e. The van der Waals surface area contributed by atoms with Gasteiger partial charge in [0, 0.05) is 18.0 Å². The standard InChI is InChI=1S/C23H23N3O3/c1-15-7-8-19(16(2)11-15)22(27)14-25-9-10-26-21(23(25)28)13-20(24-26)17-5-4-6-18(12-17)29-3/h4-13,22,27H,14H2,1-3H3. The van der Waals surface area contributed by atoms with Crippen molar-refractivity contribution in [1.29, 1.82) is 0 Å². The first-order valence-electron chi connectivity index (χ1n) is 9.45. The summed E-state index contributed by atoms with van der Waals surface area (Å²) in [5.41, 5.74) is 4.80. The van der Waals surface area contributed by atoms with Crippen LogP contribution < -0.4 is 10.3 Å². The number of aliphatic hydroxyl groups excluding tert-OH is 1. The highest BCUT2D eigenvalue weighted by Gasteiger charge is 2.15. The molecule has 0 amide bonds. The van der Waals surface area contributed by atoms with E-state index in [-0.39, 0.29) is 12.1 Å². The fraction of sp³-hybridized carbons (Fsp3) is 0.217. The third-order valence-electron chi connectivity index (χ3n) is 5.12. The lowest BCUT2D eigenvalue weighted by Gasteiger charge is -2.16. The summed E-state index contributed by atoms with van der Waals surface area (Å²) in [5, 5.41) is 15.2. The quantitative estimate of drug-likeness (QED) is 0.567. The van der Waals surface area contributed by atoms with Gasteiger partial charge < -0.3 is 14.4 Å².